The van der Waals surface area contributed by atoms with Gasteiger partial charge in [-0.1, -0.05) is 101 Å². The Hall–Kier alpha value is -5.60. The summed E-state index contributed by atoms with van der Waals surface area (Å²) in [6, 6.07) is 36.4. The zero-order chi connectivity index (χ0) is 43.0. The number of hydrogen-bond acceptors (Lipinski definition) is 7. The van der Waals surface area contributed by atoms with Crippen molar-refractivity contribution in [2.75, 3.05) is 45.4 Å². The molecule has 0 aromatic heterocycles. The highest BCUT2D eigenvalue weighted by Crippen LogP contribution is 2.67. The van der Waals surface area contributed by atoms with Gasteiger partial charge in [0.2, 0.25) is 0 Å². The van der Waals surface area contributed by atoms with Crippen LogP contribution in [-0.4, -0.2) is 50.7 Å². The number of aliphatic hydroxyl groups excluding tert-OH is 2. The molecule has 318 valence electrons. The summed E-state index contributed by atoms with van der Waals surface area (Å²) < 4.78 is 25.5. The number of ether oxygens (including phenoxy) is 4. The molecule has 1 saturated carbocycles. The quantitative estimate of drug-likeness (QED) is 0.158. The Labute approximate surface area is 365 Å². The lowest BCUT2D eigenvalue weighted by molar-refractivity contribution is 0.0642. The summed E-state index contributed by atoms with van der Waals surface area (Å²) in [5.74, 6) is 2.28. The molecule has 6 aromatic rings. The molecule has 10 rings (SSSR count). The lowest BCUT2D eigenvalue weighted by Crippen LogP contribution is -2.44. The lowest BCUT2D eigenvalue weighted by Gasteiger charge is -2.52. The Morgan fingerprint density at radius 3 is 2.03 bits per heavy atom. The summed E-state index contributed by atoms with van der Waals surface area (Å²) in [4.78, 5) is 2.38. The van der Waals surface area contributed by atoms with E-state index in [-0.39, 0.29) is 29.5 Å². The van der Waals surface area contributed by atoms with E-state index in [0.29, 0.717) is 5.75 Å². The molecule has 1 atom stereocenters. The van der Waals surface area contributed by atoms with E-state index in [9.17, 15) is 10.2 Å². The first kappa shape index (κ1) is 40.5. The Bertz CT molecular complexity index is 2710. The van der Waals surface area contributed by atoms with Gasteiger partial charge in [0.05, 0.1) is 40.6 Å². The number of fused-ring (bicyclic) bond motifs is 10. The predicted octanol–water partition coefficient (Wildman–Crippen LogP) is 11.2. The van der Waals surface area contributed by atoms with E-state index in [2.05, 4.69) is 118 Å². The Morgan fingerprint density at radius 2 is 1.37 bits per heavy atom. The van der Waals surface area contributed by atoms with Crippen LogP contribution in [0.1, 0.15) is 85.9 Å². The SMILES string of the molecule is COc1ccc(C2(c3ccc(N4CCOCC4)cc3)C=Cc3c4c(c5cc(-c6ccc(CO)cc6CO)c(OC)cc5c3O2)-c2ccccc2C42CC(C)(C)CC(C)(C)C2)cc1. The monoisotopic (exact) mass is 827 g/mol. The van der Waals surface area contributed by atoms with E-state index in [1.165, 1.54) is 27.9 Å². The van der Waals surface area contributed by atoms with Crippen molar-refractivity contribution in [3.63, 3.8) is 0 Å². The zero-order valence-corrected chi connectivity index (χ0v) is 36.8. The minimum absolute atomic E-state index is 0.0716. The number of aliphatic hydroxyl groups is 2. The fraction of sp³-hybridized carbons (Fsp3) is 0.345. The molecule has 2 aliphatic carbocycles. The summed E-state index contributed by atoms with van der Waals surface area (Å²) in [5, 5.41) is 22.8. The molecule has 2 N–H and O–H groups in total. The van der Waals surface area contributed by atoms with Crippen LogP contribution in [0, 0.1) is 10.8 Å². The number of benzene rings is 6. The highest BCUT2D eigenvalue weighted by Gasteiger charge is 2.55. The number of morpholine rings is 1. The van der Waals surface area contributed by atoms with Gasteiger partial charge in [0.15, 0.2) is 5.60 Å². The number of hydrogen-bond donors (Lipinski definition) is 2. The van der Waals surface area contributed by atoms with Crippen molar-refractivity contribution in [1.82, 2.24) is 0 Å². The van der Waals surface area contributed by atoms with Gasteiger partial charge in [0, 0.05) is 51.8 Å². The third-order valence-electron chi connectivity index (χ3n) is 14.1. The molecule has 1 saturated heterocycles. The maximum absolute atomic E-state index is 10.7. The van der Waals surface area contributed by atoms with Crippen LogP contribution in [-0.2, 0) is 29.0 Å². The van der Waals surface area contributed by atoms with Crippen molar-refractivity contribution >= 4 is 22.5 Å². The van der Waals surface area contributed by atoms with Gasteiger partial charge in [-0.3, -0.25) is 0 Å². The Balaban J connectivity index is 1.29. The molecule has 1 spiro atoms. The number of nitrogens with zero attached hydrogens (tertiary/aromatic N) is 1. The fourth-order valence-electron chi connectivity index (χ4n) is 12.3. The summed E-state index contributed by atoms with van der Waals surface area (Å²) in [7, 11) is 3.41. The molecule has 4 aliphatic rings. The fourth-order valence-corrected chi connectivity index (χ4v) is 12.3. The van der Waals surface area contributed by atoms with Gasteiger partial charge in [0.25, 0.3) is 0 Å². The summed E-state index contributed by atoms with van der Waals surface area (Å²) in [5.41, 5.74) is 11.6. The molecular weight excluding hydrogens is 771 g/mol. The van der Waals surface area contributed by atoms with Crippen molar-refractivity contribution in [2.45, 2.75) is 71.2 Å². The molecule has 2 heterocycles. The maximum Gasteiger partial charge on any atom is 0.178 e. The smallest absolute Gasteiger partial charge is 0.178 e. The molecule has 0 amide bonds. The van der Waals surface area contributed by atoms with E-state index in [1.807, 2.05) is 30.3 Å². The minimum atomic E-state index is -0.982. The van der Waals surface area contributed by atoms with Crippen LogP contribution in [0.5, 0.6) is 17.2 Å². The largest absolute Gasteiger partial charge is 0.497 e. The van der Waals surface area contributed by atoms with Crippen molar-refractivity contribution in [3.05, 3.63) is 148 Å². The van der Waals surface area contributed by atoms with E-state index >= 15 is 0 Å². The Morgan fingerprint density at radius 1 is 0.677 bits per heavy atom. The van der Waals surface area contributed by atoms with Gasteiger partial charge in [0.1, 0.15) is 17.2 Å². The standard InChI is InChI=1S/C55H57NO6/c1-52(2)32-53(3,4)34-54(33-52)47-10-8-7-9-42(47)49-45-28-44(41-20-11-35(30-57)27-36(41)31-58)48(60-6)29-46(45)51-43(50(49)54)21-22-55(62-51,38-14-18-40(59-5)19-15-38)37-12-16-39(17-13-37)56-23-25-61-26-24-56/h7-22,27-29,57-58H,23-26,30-34H2,1-6H3. The van der Waals surface area contributed by atoms with Crippen molar-refractivity contribution in [2.24, 2.45) is 10.8 Å². The molecule has 2 fully saturated rings. The molecule has 7 heteroatoms. The average molecular weight is 828 g/mol. The third-order valence-corrected chi connectivity index (χ3v) is 14.1. The second-order valence-corrected chi connectivity index (χ2v) is 19.4. The third kappa shape index (κ3) is 6.42. The molecule has 7 nitrogen and oxygen atoms in total. The van der Waals surface area contributed by atoms with E-state index in [0.717, 1.165) is 107 Å². The number of rotatable bonds is 8. The van der Waals surface area contributed by atoms with Crippen molar-refractivity contribution < 1.29 is 29.2 Å². The number of anilines is 1. The van der Waals surface area contributed by atoms with E-state index in [1.54, 1.807) is 14.2 Å². The topological polar surface area (TPSA) is 80.6 Å². The van der Waals surface area contributed by atoms with Gasteiger partial charge < -0.3 is 34.1 Å². The Kier molecular flexibility index (Phi) is 9.82. The average Bonchev–Trinajstić information content (AvgIpc) is 3.55. The van der Waals surface area contributed by atoms with Crippen LogP contribution in [0.3, 0.4) is 0 Å². The van der Waals surface area contributed by atoms with Gasteiger partial charge in [-0.05, 0) is 117 Å². The van der Waals surface area contributed by atoms with Crippen molar-refractivity contribution in [3.8, 4) is 39.5 Å². The molecule has 62 heavy (non-hydrogen) atoms. The maximum atomic E-state index is 10.7. The second-order valence-electron chi connectivity index (χ2n) is 19.4. The first-order valence-corrected chi connectivity index (χ1v) is 22.1. The highest BCUT2D eigenvalue weighted by atomic mass is 16.5. The van der Waals surface area contributed by atoms with E-state index < -0.39 is 5.60 Å². The molecular formula is C55H57NO6. The van der Waals surface area contributed by atoms with Gasteiger partial charge in [-0.2, -0.15) is 0 Å². The predicted molar refractivity (Wildman–Crippen MR) is 248 cm³/mol. The van der Waals surface area contributed by atoms with Crippen LogP contribution in [0.4, 0.5) is 5.69 Å². The van der Waals surface area contributed by atoms with Crippen LogP contribution in [0.15, 0.2) is 109 Å². The first-order valence-electron chi connectivity index (χ1n) is 22.1. The van der Waals surface area contributed by atoms with Gasteiger partial charge in [-0.25, -0.2) is 0 Å². The van der Waals surface area contributed by atoms with Gasteiger partial charge in [-0.15, -0.1) is 0 Å². The molecule has 6 aromatic carbocycles. The van der Waals surface area contributed by atoms with Crippen LogP contribution in [0.2, 0.25) is 0 Å². The summed E-state index contributed by atoms with van der Waals surface area (Å²) >= 11 is 0. The van der Waals surface area contributed by atoms with Crippen LogP contribution < -0.4 is 19.1 Å². The van der Waals surface area contributed by atoms with Crippen LogP contribution >= 0.6 is 0 Å². The lowest BCUT2D eigenvalue weighted by atomic mass is 9.52. The zero-order valence-electron chi connectivity index (χ0n) is 36.8. The number of methoxy groups -OCH3 is 2. The second kappa shape index (κ2) is 15.0. The summed E-state index contributed by atoms with van der Waals surface area (Å²) in [6.07, 6.45) is 7.79. The van der Waals surface area contributed by atoms with Crippen LogP contribution in [0.25, 0.3) is 39.1 Å². The molecule has 0 bridgehead atoms. The molecule has 0 radical (unpaired) electrons. The minimum Gasteiger partial charge on any atom is -0.497 e. The summed E-state index contributed by atoms with van der Waals surface area (Å²) in [6.45, 7) is 12.7. The normalized spacial score (nSPS) is 20.4. The molecule has 2 aliphatic heterocycles. The van der Waals surface area contributed by atoms with E-state index in [4.69, 9.17) is 18.9 Å². The highest BCUT2D eigenvalue weighted by molar-refractivity contribution is 6.11. The van der Waals surface area contributed by atoms with Crippen molar-refractivity contribution in [1.29, 1.82) is 0 Å². The molecule has 1 unspecified atom stereocenters. The first-order chi connectivity index (χ1) is 29.9. The van der Waals surface area contributed by atoms with Gasteiger partial charge >= 0.3 is 0 Å².